The molecule has 0 aliphatic heterocycles. The first-order valence-corrected chi connectivity index (χ1v) is 7.40. The number of rotatable bonds is 4. The topological polar surface area (TPSA) is 64.4 Å². The first-order valence-electron chi connectivity index (χ1n) is 7.40. The van der Waals surface area contributed by atoms with Gasteiger partial charge in [-0.1, -0.05) is 32.3 Å². The summed E-state index contributed by atoms with van der Waals surface area (Å²) in [4.78, 5) is 12.5. The largest absolute Gasteiger partial charge is 0.494 e. The molecule has 1 aliphatic rings. The molecular weight excluding hydrogens is 252 g/mol. The molecule has 2 atom stereocenters. The van der Waals surface area contributed by atoms with Gasteiger partial charge in [0.25, 0.3) is 5.91 Å². The van der Waals surface area contributed by atoms with Gasteiger partial charge in [0.15, 0.2) is 5.75 Å². The van der Waals surface area contributed by atoms with Crippen LogP contribution in [0.1, 0.15) is 49.4 Å². The second kappa shape index (κ2) is 6.64. The van der Waals surface area contributed by atoms with Crippen LogP contribution in [0.2, 0.25) is 0 Å². The maximum Gasteiger partial charge on any atom is 0.255 e. The molecule has 0 aromatic heterocycles. The zero-order chi connectivity index (χ0) is 14.5. The highest BCUT2D eigenvalue weighted by molar-refractivity contribution is 5.98. The van der Waals surface area contributed by atoms with Gasteiger partial charge in [-0.3, -0.25) is 4.79 Å². The van der Waals surface area contributed by atoms with E-state index in [1.165, 1.54) is 26.4 Å². The van der Waals surface area contributed by atoms with Crippen LogP contribution in [0.15, 0.2) is 18.2 Å². The third-order valence-corrected chi connectivity index (χ3v) is 4.24. The number of anilines is 1. The Balaban J connectivity index is 2.13. The van der Waals surface area contributed by atoms with Crippen LogP contribution < -0.4 is 15.8 Å². The van der Waals surface area contributed by atoms with Crippen molar-refractivity contribution in [3.63, 3.8) is 0 Å². The molecule has 1 saturated carbocycles. The van der Waals surface area contributed by atoms with Crippen LogP contribution in [-0.4, -0.2) is 19.1 Å². The van der Waals surface area contributed by atoms with E-state index in [1.807, 2.05) is 0 Å². The quantitative estimate of drug-likeness (QED) is 0.831. The summed E-state index contributed by atoms with van der Waals surface area (Å²) in [5.74, 6) is 0.966. The molecule has 20 heavy (non-hydrogen) atoms. The van der Waals surface area contributed by atoms with Crippen LogP contribution >= 0.6 is 0 Å². The lowest BCUT2D eigenvalue weighted by Gasteiger charge is -2.31. The smallest absolute Gasteiger partial charge is 0.255 e. The van der Waals surface area contributed by atoms with Crippen molar-refractivity contribution in [1.82, 2.24) is 5.32 Å². The Labute approximate surface area is 120 Å². The first-order chi connectivity index (χ1) is 9.67. The normalized spacial score (nSPS) is 22.3. The molecule has 0 bridgehead atoms. The van der Waals surface area contributed by atoms with Gasteiger partial charge in [0, 0.05) is 6.04 Å². The lowest BCUT2D eigenvalue weighted by molar-refractivity contribution is 0.0902. The Morgan fingerprint density at radius 3 is 2.85 bits per heavy atom. The van der Waals surface area contributed by atoms with Gasteiger partial charge in [0.2, 0.25) is 0 Å². The minimum atomic E-state index is -0.0838. The third-order valence-electron chi connectivity index (χ3n) is 4.24. The molecule has 4 heteroatoms. The fourth-order valence-corrected chi connectivity index (χ4v) is 3.09. The average molecular weight is 276 g/mol. The van der Waals surface area contributed by atoms with Crippen molar-refractivity contribution in [3.8, 4) is 5.75 Å². The number of nitrogen functional groups attached to an aromatic ring is 1. The number of ether oxygens (including phenoxy) is 1. The summed E-state index contributed by atoms with van der Waals surface area (Å²) in [6, 6.07) is 5.55. The van der Waals surface area contributed by atoms with Crippen molar-refractivity contribution in [2.24, 2.45) is 5.92 Å². The zero-order valence-corrected chi connectivity index (χ0v) is 12.3. The fourth-order valence-electron chi connectivity index (χ4n) is 3.09. The predicted molar refractivity (Wildman–Crippen MR) is 80.9 cm³/mol. The molecule has 0 radical (unpaired) electrons. The Hall–Kier alpha value is -1.71. The highest BCUT2D eigenvalue weighted by Gasteiger charge is 2.26. The second-order valence-corrected chi connectivity index (χ2v) is 5.46. The minimum Gasteiger partial charge on any atom is -0.494 e. The molecule has 3 N–H and O–H groups in total. The summed E-state index contributed by atoms with van der Waals surface area (Å²) in [6.07, 6.45) is 5.84. The van der Waals surface area contributed by atoms with Crippen molar-refractivity contribution >= 4 is 11.6 Å². The SMILES string of the molecule is CCC1CCCCC1NC(=O)c1cccc(N)c1OC. The van der Waals surface area contributed by atoms with Crippen molar-refractivity contribution in [2.45, 2.75) is 45.1 Å². The van der Waals surface area contributed by atoms with E-state index in [0.29, 0.717) is 22.9 Å². The molecule has 1 aromatic rings. The molecule has 2 unspecified atom stereocenters. The Kier molecular flexibility index (Phi) is 4.88. The van der Waals surface area contributed by atoms with Crippen LogP contribution in [-0.2, 0) is 0 Å². The summed E-state index contributed by atoms with van der Waals surface area (Å²) >= 11 is 0. The number of hydrogen-bond donors (Lipinski definition) is 2. The van der Waals surface area contributed by atoms with Gasteiger partial charge in [-0.05, 0) is 30.9 Å². The van der Waals surface area contributed by atoms with Crippen LogP contribution in [0.4, 0.5) is 5.69 Å². The van der Waals surface area contributed by atoms with Crippen LogP contribution in [0.25, 0.3) is 0 Å². The van der Waals surface area contributed by atoms with Crippen molar-refractivity contribution in [3.05, 3.63) is 23.8 Å². The van der Waals surface area contributed by atoms with E-state index >= 15 is 0 Å². The summed E-state index contributed by atoms with van der Waals surface area (Å²) < 4.78 is 5.25. The highest BCUT2D eigenvalue weighted by Crippen LogP contribution is 2.29. The number of methoxy groups -OCH3 is 1. The molecule has 1 amide bonds. The summed E-state index contributed by atoms with van der Waals surface area (Å²) in [7, 11) is 1.54. The number of hydrogen-bond acceptors (Lipinski definition) is 3. The number of amides is 1. The molecule has 1 aliphatic carbocycles. The molecule has 4 nitrogen and oxygen atoms in total. The third kappa shape index (κ3) is 3.06. The highest BCUT2D eigenvalue weighted by atomic mass is 16.5. The molecule has 2 rings (SSSR count). The molecule has 0 heterocycles. The van der Waals surface area contributed by atoms with E-state index in [0.717, 1.165) is 12.8 Å². The van der Waals surface area contributed by atoms with Gasteiger partial charge in [-0.25, -0.2) is 0 Å². The number of carbonyl (C=O) groups is 1. The first kappa shape index (κ1) is 14.7. The zero-order valence-electron chi connectivity index (χ0n) is 12.3. The predicted octanol–water partition coefficient (Wildman–Crippen LogP) is 2.98. The standard InChI is InChI=1S/C16H24N2O2/c1-3-11-7-4-5-10-14(11)18-16(19)12-8-6-9-13(17)15(12)20-2/h6,8-9,11,14H,3-5,7,10,17H2,1-2H3,(H,18,19). The molecule has 0 saturated heterocycles. The maximum atomic E-state index is 12.5. The molecular formula is C16H24N2O2. The van der Waals surface area contributed by atoms with Crippen LogP contribution in [0.3, 0.4) is 0 Å². The van der Waals surface area contributed by atoms with Crippen molar-refractivity contribution in [1.29, 1.82) is 0 Å². The molecule has 1 fully saturated rings. The van der Waals surface area contributed by atoms with Gasteiger partial charge in [0.1, 0.15) is 0 Å². The summed E-state index contributed by atoms with van der Waals surface area (Å²) in [6.45, 7) is 2.19. The number of benzene rings is 1. The lowest BCUT2D eigenvalue weighted by Crippen LogP contribution is -2.42. The Bertz CT molecular complexity index is 474. The minimum absolute atomic E-state index is 0.0838. The maximum absolute atomic E-state index is 12.5. The van der Waals surface area contributed by atoms with Gasteiger partial charge in [0.05, 0.1) is 18.4 Å². The van der Waals surface area contributed by atoms with Crippen molar-refractivity contribution < 1.29 is 9.53 Å². The average Bonchev–Trinajstić information content (AvgIpc) is 2.47. The molecule has 1 aromatic carbocycles. The van der Waals surface area contributed by atoms with Crippen LogP contribution in [0.5, 0.6) is 5.75 Å². The van der Waals surface area contributed by atoms with Gasteiger partial charge < -0.3 is 15.8 Å². The van der Waals surface area contributed by atoms with E-state index in [2.05, 4.69) is 12.2 Å². The van der Waals surface area contributed by atoms with Crippen molar-refractivity contribution in [2.75, 3.05) is 12.8 Å². The van der Waals surface area contributed by atoms with Crippen LogP contribution in [0, 0.1) is 5.92 Å². The Morgan fingerprint density at radius 2 is 2.15 bits per heavy atom. The van der Waals surface area contributed by atoms with E-state index < -0.39 is 0 Å². The van der Waals surface area contributed by atoms with Gasteiger partial charge >= 0.3 is 0 Å². The molecule has 110 valence electrons. The second-order valence-electron chi connectivity index (χ2n) is 5.46. The summed E-state index contributed by atoms with van der Waals surface area (Å²) in [5, 5.41) is 3.16. The van der Waals surface area contributed by atoms with E-state index in [9.17, 15) is 4.79 Å². The fraction of sp³-hybridized carbons (Fsp3) is 0.562. The van der Waals surface area contributed by atoms with E-state index in [-0.39, 0.29) is 11.9 Å². The van der Waals surface area contributed by atoms with Gasteiger partial charge in [-0.15, -0.1) is 0 Å². The number of para-hydroxylation sites is 1. The molecule has 0 spiro atoms. The van der Waals surface area contributed by atoms with E-state index in [4.69, 9.17) is 10.5 Å². The van der Waals surface area contributed by atoms with Gasteiger partial charge in [-0.2, -0.15) is 0 Å². The number of carbonyl (C=O) groups excluding carboxylic acids is 1. The van der Waals surface area contributed by atoms with E-state index in [1.54, 1.807) is 18.2 Å². The monoisotopic (exact) mass is 276 g/mol. The number of nitrogens with two attached hydrogens (primary N) is 1. The lowest BCUT2D eigenvalue weighted by atomic mass is 9.83. The summed E-state index contributed by atoms with van der Waals surface area (Å²) in [5.41, 5.74) is 6.87. The number of nitrogens with one attached hydrogen (secondary N) is 1. The Morgan fingerprint density at radius 1 is 1.40 bits per heavy atom.